The van der Waals surface area contributed by atoms with Crippen LogP contribution in [0.1, 0.15) is 25.3 Å². The summed E-state index contributed by atoms with van der Waals surface area (Å²) < 4.78 is 10.9. The van der Waals surface area contributed by atoms with Crippen LogP contribution in [-0.4, -0.2) is 17.0 Å². The van der Waals surface area contributed by atoms with E-state index in [0.717, 1.165) is 5.56 Å². The molecule has 0 saturated heterocycles. The van der Waals surface area contributed by atoms with Crippen LogP contribution in [0.2, 0.25) is 10.0 Å². The van der Waals surface area contributed by atoms with E-state index in [4.69, 9.17) is 32.7 Å². The lowest BCUT2D eigenvalue weighted by Crippen LogP contribution is -1.98. The molecule has 0 aliphatic carbocycles. The molecule has 0 spiro atoms. The number of hydrogen-bond donors (Lipinski definition) is 0. The van der Waals surface area contributed by atoms with Gasteiger partial charge in [-0.25, -0.2) is 4.98 Å². The SMILES string of the molecule is COc1ncc(Oc2c(Cl)cc([N+](=O)[O-])cc2Cl)cc1C(C)C. The van der Waals surface area contributed by atoms with Crippen LogP contribution in [0.15, 0.2) is 24.4 Å². The topological polar surface area (TPSA) is 74.5 Å². The summed E-state index contributed by atoms with van der Waals surface area (Å²) in [6.07, 6.45) is 1.47. The van der Waals surface area contributed by atoms with Crippen LogP contribution < -0.4 is 9.47 Å². The van der Waals surface area contributed by atoms with E-state index in [-0.39, 0.29) is 27.4 Å². The molecular weight excluding hydrogens is 343 g/mol. The van der Waals surface area contributed by atoms with Gasteiger partial charge >= 0.3 is 0 Å². The molecule has 0 aliphatic heterocycles. The number of nitro benzene ring substituents is 1. The first-order valence-electron chi connectivity index (χ1n) is 6.68. The zero-order valence-electron chi connectivity index (χ0n) is 12.7. The van der Waals surface area contributed by atoms with Crippen molar-refractivity contribution >= 4 is 28.9 Å². The number of non-ortho nitro benzene ring substituents is 1. The first kappa shape index (κ1) is 17.3. The zero-order chi connectivity index (χ0) is 17.1. The van der Waals surface area contributed by atoms with E-state index in [0.29, 0.717) is 11.6 Å². The number of ether oxygens (including phenoxy) is 2. The smallest absolute Gasteiger partial charge is 0.272 e. The highest BCUT2D eigenvalue weighted by atomic mass is 35.5. The van der Waals surface area contributed by atoms with Gasteiger partial charge < -0.3 is 9.47 Å². The molecule has 1 aromatic carbocycles. The highest BCUT2D eigenvalue weighted by Gasteiger charge is 2.18. The second-order valence-electron chi connectivity index (χ2n) is 5.02. The summed E-state index contributed by atoms with van der Waals surface area (Å²) in [5.74, 6) is 1.23. The zero-order valence-corrected chi connectivity index (χ0v) is 14.2. The molecule has 0 fully saturated rings. The van der Waals surface area contributed by atoms with Gasteiger partial charge in [0.1, 0.15) is 5.75 Å². The third kappa shape index (κ3) is 3.83. The number of hydrogen-bond acceptors (Lipinski definition) is 5. The third-order valence-corrected chi connectivity index (χ3v) is 3.64. The molecular formula is C15H14Cl2N2O4. The lowest BCUT2D eigenvalue weighted by molar-refractivity contribution is -0.384. The second kappa shape index (κ2) is 7.02. The molecule has 6 nitrogen and oxygen atoms in total. The second-order valence-corrected chi connectivity index (χ2v) is 5.84. The highest BCUT2D eigenvalue weighted by molar-refractivity contribution is 6.37. The van der Waals surface area contributed by atoms with Crippen molar-refractivity contribution in [3.8, 4) is 17.4 Å². The molecule has 1 aromatic heterocycles. The van der Waals surface area contributed by atoms with Gasteiger partial charge in [-0.2, -0.15) is 0 Å². The molecule has 0 atom stereocenters. The summed E-state index contributed by atoms with van der Waals surface area (Å²) in [4.78, 5) is 14.4. The Balaban J connectivity index is 2.40. The molecule has 0 saturated carbocycles. The molecule has 2 rings (SSSR count). The maximum absolute atomic E-state index is 10.8. The van der Waals surface area contributed by atoms with Crippen LogP contribution in [0.25, 0.3) is 0 Å². The molecule has 0 bridgehead atoms. The third-order valence-electron chi connectivity index (χ3n) is 3.08. The minimum absolute atomic E-state index is 0.0473. The Hall–Kier alpha value is -2.05. The summed E-state index contributed by atoms with van der Waals surface area (Å²) in [6.45, 7) is 3.99. The minimum atomic E-state index is -0.576. The standard InChI is InChI=1S/C15H14Cl2N2O4/c1-8(2)11-6-10(7-18-15(11)22-3)23-14-12(16)4-9(19(20)21)5-13(14)17/h4-8H,1-3H3. The quantitative estimate of drug-likeness (QED) is 0.542. The monoisotopic (exact) mass is 356 g/mol. The van der Waals surface area contributed by atoms with Gasteiger partial charge in [-0.3, -0.25) is 10.1 Å². The van der Waals surface area contributed by atoms with Crippen molar-refractivity contribution in [1.82, 2.24) is 4.98 Å². The van der Waals surface area contributed by atoms with Crippen molar-refractivity contribution in [2.24, 2.45) is 0 Å². The number of pyridine rings is 1. The van der Waals surface area contributed by atoms with Gasteiger partial charge in [0, 0.05) is 17.7 Å². The molecule has 2 aromatic rings. The number of rotatable bonds is 5. The van der Waals surface area contributed by atoms with Crippen molar-refractivity contribution < 1.29 is 14.4 Å². The summed E-state index contributed by atoms with van der Waals surface area (Å²) >= 11 is 12.1. The van der Waals surface area contributed by atoms with Gasteiger partial charge in [0.25, 0.3) is 5.69 Å². The average Bonchev–Trinajstić information content (AvgIpc) is 2.50. The molecule has 8 heteroatoms. The predicted molar refractivity (Wildman–Crippen MR) is 88.1 cm³/mol. The van der Waals surface area contributed by atoms with Crippen LogP contribution in [0.5, 0.6) is 17.4 Å². The molecule has 0 N–H and O–H groups in total. The van der Waals surface area contributed by atoms with Crippen LogP contribution in [0.4, 0.5) is 5.69 Å². The fourth-order valence-corrected chi connectivity index (χ4v) is 2.51. The number of aromatic nitrogens is 1. The number of nitro groups is 1. The fourth-order valence-electron chi connectivity index (χ4n) is 1.96. The van der Waals surface area contributed by atoms with Crippen LogP contribution in [0, 0.1) is 10.1 Å². The average molecular weight is 357 g/mol. The van der Waals surface area contributed by atoms with E-state index in [1.54, 1.807) is 13.2 Å². The normalized spacial score (nSPS) is 10.7. The Morgan fingerprint density at radius 3 is 2.30 bits per heavy atom. The Labute approximate surface area is 143 Å². The molecule has 23 heavy (non-hydrogen) atoms. The molecule has 0 amide bonds. The highest BCUT2D eigenvalue weighted by Crippen LogP contribution is 2.40. The van der Waals surface area contributed by atoms with Gasteiger partial charge in [0.15, 0.2) is 5.75 Å². The maximum atomic E-state index is 10.8. The number of nitrogens with zero attached hydrogens (tertiary/aromatic N) is 2. The van der Waals surface area contributed by atoms with Crippen molar-refractivity contribution in [3.05, 3.63) is 50.1 Å². The van der Waals surface area contributed by atoms with E-state index in [9.17, 15) is 10.1 Å². The number of benzene rings is 1. The Bertz CT molecular complexity index is 727. The number of halogens is 2. The van der Waals surface area contributed by atoms with Crippen molar-refractivity contribution in [2.75, 3.05) is 7.11 Å². The molecule has 1 heterocycles. The van der Waals surface area contributed by atoms with E-state index in [1.165, 1.54) is 18.3 Å². The lowest BCUT2D eigenvalue weighted by atomic mass is 10.1. The Morgan fingerprint density at radius 2 is 1.83 bits per heavy atom. The van der Waals surface area contributed by atoms with Gasteiger partial charge in [-0.05, 0) is 12.0 Å². The van der Waals surface area contributed by atoms with Crippen LogP contribution >= 0.6 is 23.2 Å². The largest absolute Gasteiger partial charge is 0.481 e. The summed E-state index contributed by atoms with van der Waals surface area (Å²) in [5.41, 5.74) is 0.655. The molecule has 0 aliphatic rings. The van der Waals surface area contributed by atoms with E-state index >= 15 is 0 Å². The van der Waals surface area contributed by atoms with Gasteiger partial charge in [0.2, 0.25) is 5.88 Å². The Morgan fingerprint density at radius 1 is 1.22 bits per heavy atom. The minimum Gasteiger partial charge on any atom is -0.481 e. The fraction of sp³-hybridized carbons (Fsp3) is 0.267. The van der Waals surface area contributed by atoms with E-state index in [2.05, 4.69) is 4.98 Å². The summed E-state index contributed by atoms with van der Waals surface area (Å²) in [5, 5.41) is 10.9. The van der Waals surface area contributed by atoms with Gasteiger partial charge in [0.05, 0.1) is 28.3 Å². The van der Waals surface area contributed by atoms with Gasteiger partial charge in [-0.15, -0.1) is 0 Å². The first-order valence-corrected chi connectivity index (χ1v) is 7.44. The predicted octanol–water partition coefficient (Wildman–Crippen LogP) is 5.22. The van der Waals surface area contributed by atoms with Gasteiger partial charge in [-0.1, -0.05) is 37.0 Å². The Kier molecular flexibility index (Phi) is 5.28. The van der Waals surface area contributed by atoms with Crippen molar-refractivity contribution in [2.45, 2.75) is 19.8 Å². The molecule has 0 radical (unpaired) electrons. The molecule has 122 valence electrons. The van der Waals surface area contributed by atoms with Crippen LogP contribution in [0.3, 0.4) is 0 Å². The summed E-state index contributed by atoms with van der Waals surface area (Å²) in [6, 6.07) is 4.14. The van der Waals surface area contributed by atoms with E-state index < -0.39 is 4.92 Å². The first-order chi connectivity index (χ1) is 10.8. The van der Waals surface area contributed by atoms with Crippen molar-refractivity contribution in [1.29, 1.82) is 0 Å². The van der Waals surface area contributed by atoms with Crippen molar-refractivity contribution in [3.63, 3.8) is 0 Å². The van der Waals surface area contributed by atoms with Crippen LogP contribution in [-0.2, 0) is 0 Å². The van der Waals surface area contributed by atoms with E-state index in [1.807, 2.05) is 13.8 Å². The summed E-state index contributed by atoms with van der Waals surface area (Å²) in [7, 11) is 1.54. The lowest BCUT2D eigenvalue weighted by Gasteiger charge is -2.14. The maximum Gasteiger partial charge on any atom is 0.272 e. The molecule has 0 unspecified atom stereocenters. The number of methoxy groups -OCH3 is 1.